The van der Waals surface area contributed by atoms with Gasteiger partial charge in [-0.15, -0.1) is 0 Å². The monoisotopic (exact) mass is 1090 g/mol. The molecule has 22 heteroatoms. The van der Waals surface area contributed by atoms with E-state index in [0.29, 0.717) is 37.9 Å². The van der Waals surface area contributed by atoms with E-state index in [1.54, 1.807) is 0 Å². The number of rotatable bonds is 11. The number of fused-ring (bicyclic) bond motifs is 4. The lowest BCUT2D eigenvalue weighted by Gasteiger charge is -2.74. The number of ether oxygens (including phenoxy) is 9. The summed E-state index contributed by atoms with van der Waals surface area (Å²) >= 11 is 0. The van der Waals surface area contributed by atoms with Gasteiger partial charge in [0, 0.05) is 16.7 Å². The Labute approximate surface area is 443 Å². The third kappa shape index (κ3) is 8.34. The first-order chi connectivity index (χ1) is 35.6. The summed E-state index contributed by atoms with van der Waals surface area (Å²) in [7, 11) is 0. The zero-order valence-electron chi connectivity index (χ0n) is 44.8. The average Bonchev–Trinajstić information content (AvgIpc) is 3.83. The largest absolute Gasteiger partial charge is 0.491 e. The average molecular weight is 1090 g/mol. The number of aldehydes is 1. The van der Waals surface area contributed by atoms with Crippen molar-refractivity contribution in [3.05, 3.63) is 12.3 Å². The van der Waals surface area contributed by atoms with E-state index >= 15 is 0 Å². The van der Waals surface area contributed by atoms with E-state index in [1.165, 1.54) is 6.92 Å². The molecule has 12 N–H and O–H groups in total. The molecule has 2 bridgehead atoms. The third-order valence-electron chi connectivity index (χ3n) is 22.3. The molecule has 5 aliphatic heterocycles. The molecular weight excluding hydrogens is 1000 g/mol. The van der Waals surface area contributed by atoms with Crippen molar-refractivity contribution in [2.45, 2.75) is 247 Å². The second-order valence-electron chi connectivity index (χ2n) is 26.3. The quantitative estimate of drug-likeness (QED) is 0.0873. The van der Waals surface area contributed by atoms with Gasteiger partial charge in [-0.2, -0.15) is 0 Å². The van der Waals surface area contributed by atoms with Gasteiger partial charge in [-0.25, -0.2) is 0 Å². The van der Waals surface area contributed by atoms with Gasteiger partial charge in [-0.05, 0) is 99.2 Å². The van der Waals surface area contributed by atoms with E-state index in [-0.39, 0.29) is 28.6 Å². The smallest absolute Gasteiger partial charge is 0.187 e. The summed E-state index contributed by atoms with van der Waals surface area (Å²) in [6.07, 6.45) is -24.2. The van der Waals surface area contributed by atoms with Gasteiger partial charge in [0.05, 0.1) is 49.3 Å². The molecule has 1 spiro atoms. The minimum absolute atomic E-state index is 0.0510. The van der Waals surface area contributed by atoms with E-state index in [9.17, 15) is 66.1 Å². The van der Waals surface area contributed by atoms with E-state index < -0.39 is 176 Å². The van der Waals surface area contributed by atoms with Gasteiger partial charge in [0.1, 0.15) is 97.3 Å². The first-order valence-corrected chi connectivity index (χ1v) is 27.7. The van der Waals surface area contributed by atoms with Crippen molar-refractivity contribution in [3.63, 3.8) is 0 Å². The number of hydrogen-bond donors (Lipinski definition) is 12. The van der Waals surface area contributed by atoms with E-state index in [0.717, 1.165) is 38.4 Å². The van der Waals surface area contributed by atoms with Crippen LogP contribution in [0.3, 0.4) is 0 Å². The number of carbonyl (C=O) groups excluding carboxylic acids is 1. The van der Waals surface area contributed by atoms with Gasteiger partial charge in [0.25, 0.3) is 0 Å². The maximum atomic E-state index is 12.6. The molecule has 10 aliphatic rings. The van der Waals surface area contributed by atoms with Crippen LogP contribution in [-0.2, 0) is 47.4 Å². The molecule has 5 aliphatic carbocycles. The molecule has 30 atom stereocenters. The molecule has 10 fully saturated rings. The fraction of sp³-hybridized carbons (Fsp3) is 0.944. The Kier molecular flexibility index (Phi) is 15.2. The number of hydrogen-bond acceptors (Lipinski definition) is 22. The van der Waals surface area contributed by atoms with Crippen LogP contribution in [0, 0.1) is 50.2 Å². The Balaban J connectivity index is 0.907. The number of aliphatic hydroxyl groups is 12. The normalized spacial score (nSPS) is 57.8. The highest BCUT2D eigenvalue weighted by molar-refractivity contribution is 5.59. The van der Waals surface area contributed by atoms with Crippen LogP contribution in [0.2, 0.25) is 0 Å². The fourth-order valence-electron chi connectivity index (χ4n) is 17.7. The van der Waals surface area contributed by atoms with Gasteiger partial charge in [0.15, 0.2) is 25.2 Å². The lowest BCUT2D eigenvalue weighted by atomic mass is 9.30. The van der Waals surface area contributed by atoms with Crippen molar-refractivity contribution in [2.24, 2.45) is 50.2 Å². The molecule has 10 rings (SSSR count). The molecular formula is C54H86O22. The van der Waals surface area contributed by atoms with Crippen LogP contribution in [-0.4, -0.2) is 222 Å². The Morgan fingerprint density at radius 2 is 1.18 bits per heavy atom. The lowest BCUT2D eigenvalue weighted by Crippen LogP contribution is -2.74. The van der Waals surface area contributed by atoms with Crippen LogP contribution < -0.4 is 0 Å². The summed E-state index contributed by atoms with van der Waals surface area (Å²) in [4.78, 5) is 12.6. The van der Waals surface area contributed by atoms with Crippen LogP contribution in [0.1, 0.15) is 113 Å². The number of carbonyl (C=O) groups is 1. The molecule has 22 nitrogen and oxygen atoms in total. The highest BCUT2D eigenvalue weighted by atomic mass is 16.8. The summed E-state index contributed by atoms with van der Waals surface area (Å²) in [5.41, 5.74) is -3.18. The highest BCUT2D eigenvalue weighted by Gasteiger charge is 2.82. The molecule has 76 heavy (non-hydrogen) atoms. The lowest BCUT2D eigenvalue weighted by molar-refractivity contribution is -0.394. The standard InChI is InChI=1S/C54H86O22/c1-23-33(59)37(63)40(66)44(69-23)75-43-39(65)35(61)26(20-56)71-47(43)72-27-21-68-46(42(36(27)62)74-45-41(67)38(64)34(60)25(19-55)70-45)73-32-11-12-50(6)28(48(32,3)4)9-13-51(7)29(50)10-14-54-30-17-49(5,22-57)15-16-53(30,24(2)76-54)31(58)18-52(51,54)8/h22-23,25-47,55-56,58-67H,2,9-21H2,1,3-8H3. The zero-order chi connectivity index (χ0) is 55.2. The third-order valence-corrected chi connectivity index (χ3v) is 22.3. The van der Waals surface area contributed by atoms with Gasteiger partial charge in [0.2, 0.25) is 0 Å². The Morgan fingerprint density at radius 3 is 1.83 bits per heavy atom. The molecule has 5 saturated heterocycles. The zero-order valence-corrected chi connectivity index (χ0v) is 44.8. The predicted molar refractivity (Wildman–Crippen MR) is 259 cm³/mol. The topological polar surface area (TPSA) is 343 Å². The highest BCUT2D eigenvalue weighted by Crippen LogP contribution is 2.82. The van der Waals surface area contributed by atoms with Gasteiger partial charge in [-0.3, -0.25) is 0 Å². The van der Waals surface area contributed by atoms with Crippen molar-refractivity contribution >= 4 is 6.29 Å². The van der Waals surface area contributed by atoms with E-state index in [4.69, 9.17) is 42.6 Å². The van der Waals surface area contributed by atoms with Crippen molar-refractivity contribution in [3.8, 4) is 0 Å². The Bertz CT molecular complexity index is 2140. The molecule has 0 radical (unpaired) electrons. The molecule has 0 aromatic rings. The van der Waals surface area contributed by atoms with Crippen LogP contribution in [0.25, 0.3) is 0 Å². The van der Waals surface area contributed by atoms with Crippen molar-refractivity contribution in [1.29, 1.82) is 0 Å². The van der Waals surface area contributed by atoms with Crippen molar-refractivity contribution < 1.29 is 109 Å². The van der Waals surface area contributed by atoms with Gasteiger partial charge in [-0.1, -0.05) is 48.1 Å². The SMILES string of the molecule is C=C1OC23CCC4C5(C)CCC(OC6OCC(OC7OC(CO)C(O)C(O)C7OC7OC(C)C(O)C(O)C7O)C(O)C6OC6OC(CO)C(O)C(O)C6O)C(C)(C)C5CCC4(C)C2(C)CC(O)C12CCC(C)(C=O)CC23. The summed E-state index contributed by atoms with van der Waals surface area (Å²) < 4.78 is 56.3. The second kappa shape index (κ2) is 20.1. The van der Waals surface area contributed by atoms with Crippen LogP contribution >= 0.6 is 0 Å². The maximum Gasteiger partial charge on any atom is 0.187 e. The van der Waals surface area contributed by atoms with Crippen molar-refractivity contribution in [2.75, 3.05) is 19.8 Å². The van der Waals surface area contributed by atoms with Crippen molar-refractivity contribution in [1.82, 2.24) is 0 Å². The molecule has 434 valence electrons. The Hall–Kier alpha value is -1.59. The summed E-state index contributed by atoms with van der Waals surface area (Å²) in [5, 5.41) is 131. The van der Waals surface area contributed by atoms with Crippen LogP contribution in [0.5, 0.6) is 0 Å². The summed E-state index contributed by atoms with van der Waals surface area (Å²) in [6, 6.07) is 0. The van der Waals surface area contributed by atoms with Gasteiger partial charge >= 0.3 is 0 Å². The minimum atomic E-state index is -1.89. The van der Waals surface area contributed by atoms with Crippen LogP contribution in [0.15, 0.2) is 12.3 Å². The second-order valence-corrected chi connectivity index (χ2v) is 26.3. The predicted octanol–water partition coefficient (Wildman–Crippen LogP) is -0.991. The maximum absolute atomic E-state index is 12.6. The molecule has 30 unspecified atom stereocenters. The fourth-order valence-corrected chi connectivity index (χ4v) is 17.7. The van der Waals surface area contributed by atoms with Gasteiger partial charge < -0.3 is 109 Å². The number of aliphatic hydroxyl groups excluding tert-OH is 12. The van der Waals surface area contributed by atoms with Crippen LogP contribution in [0.4, 0.5) is 0 Å². The summed E-state index contributed by atoms with van der Waals surface area (Å²) in [6.45, 7) is 17.4. The minimum Gasteiger partial charge on any atom is -0.491 e. The molecule has 5 heterocycles. The first kappa shape index (κ1) is 57.6. The van der Waals surface area contributed by atoms with E-state index in [2.05, 4.69) is 41.2 Å². The summed E-state index contributed by atoms with van der Waals surface area (Å²) in [5.74, 6) is 0.936. The Morgan fingerprint density at radius 1 is 0.592 bits per heavy atom. The molecule has 0 amide bonds. The molecule has 0 aromatic carbocycles. The molecule has 5 saturated carbocycles. The van der Waals surface area contributed by atoms with E-state index in [1.807, 2.05) is 6.92 Å². The first-order valence-electron chi connectivity index (χ1n) is 27.7. The molecule has 0 aromatic heterocycles.